The Kier molecular flexibility index (Phi) is 8.08. The van der Waals surface area contributed by atoms with E-state index in [1.54, 1.807) is 0 Å². The lowest BCUT2D eigenvalue weighted by molar-refractivity contribution is 1.61. The second kappa shape index (κ2) is 14.5. The van der Waals surface area contributed by atoms with Crippen molar-refractivity contribution in [1.82, 2.24) is 0 Å². The van der Waals surface area contributed by atoms with Gasteiger partial charge < -0.3 is 0 Å². The molecule has 13 aromatic rings. The minimum atomic E-state index is 1.19. The first-order valence-electron chi connectivity index (χ1n) is 23.0. The Balaban J connectivity index is 1.09. The molecular weight excluding hydrogens is 793 g/mol. The zero-order valence-electron chi connectivity index (χ0n) is 36.1. The number of fused-ring (bicyclic) bond motifs is 8. The highest BCUT2D eigenvalue weighted by Crippen LogP contribution is 2.58. The Labute approximate surface area is 383 Å². The molecule has 0 atom stereocenters. The van der Waals surface area contributed by atoms with Gasteiger partial charge in [0.1, 0.15) is 0 Å². The third-order valence-corrected chi connectivity index (χ3v) is 14.3. The summed E-state index contributed by atoms with van der Waals surface area (Å²) in [5.41, 5.74) is 17.7. The standard InChI is InChI=1S/C66H40/c1-3-17-44(18-4-1)63-55-36-34-49(40-59(55)64(45-19-5-2-6-20-45)66-57-28-14-24-43-23-13-27-56(60(43)57)65(63)66)48-33-35-54-58(39-48)62(51-32-30-42-16-8-10-22-47(42)38-51)53-26-12-11-25-52(53)61(54)50-31-29-41-15-7-9-21-46(41)37-50/h1-40H. The second-order valence-electron chi connectivity index (χ2n) is 17.9. The van der Waals surface area contributed by atoms with E-state index in [1.165, 1.54) is 143 Å². The van der Waals surface area contributed by atoms with Gasteiger partial charge in [0.2, 0.25) is 0 Å². The quantitative estimate of drug-likeness (QED) is 0.152. The molecule has 1 aliphatic rings. The summed E-state index contributed by atoms with van der Waals surface area (Å²) in [6.07, 6.45) is 0. The van der Waals surface area contributed by atoms with Gasteiger partial charge in [0.25, 0.3) is 0 Å². The fraction of sp³-hybridized carbons (Fsp3) is 0. The van der Waals surface area contributed by atoms with Gasteiger partial charge in [-0.05, 0) is 167 Å². The predicted octanol–water partition coefficient (Wildman–Crippen LogP) is 18.6. The molecule has 0 aliphatic heterocycles. The summed E-state index contributed by atoms with van der Waals surface area (Å²) in [6.45, 7) is 0. The van der Waals surface area contributed by atoms with Crippen LogP contribution < -0.4 is 0 Å². The van der Waals surface area contributed by atoms with Crippen LogP contribution in [0.15, 0.2) is 243 Å². The molecule has 304 valence electrons. The first-order valence-corrected chi connectivity index (χ1v) is 23.0. The number of rotatable bonds is 5. The van der Waals surface area contributed by atoms with Crippen LogP contribution in [0.1, 0.15) is 0 Å². The van der Waals surface area contributed by atoms with Crippen LogP contribution in [0.2, 0.25) is 0 Å². The van der Waals surface area contributed by atoms with E-state index in [2.05, 4.69) is 243 Å². The fourth-order valence-corrected chi connectivity index (χ4v) is 11.4. The van der Waals surface area contributed by atoms with Crippen molar-refractivity contribution in [2.75, 3.05) is 0 Å². The molecule has 0 nitrogen and oxygen atoms in total. The lowest BCUT2D eigenvalue weighted by Crippen LogP contribution is -1.94. The molecule has 0 N–H and O–H groups in total. The highest BCUT2D eigenvalue weighted by Gasteiger charge is 2.30. The van der Waals surface area contributed by atoms with Crippen LogP contribution in [0, 0.1) is 0 Å². The molecule has 0 saturated carbocycles. The van der Waals surface area contributed by atoms with E-state index in [-0.39, 0.29) is 0 Å². The van der Waals surface area contributed by atoms with Gasteiger partial charge in [-0.25, -0.2) is 0 Å². The van der Waals surface area contributed by atoms with Crippen molar-refractivity contribution in [1.29, 1.82) is 0 Å². The Hall–Kier alpha value is -8.58. The van der Waals surface area contributed by atoms with E-state index in [1.807, 2.05) is 0 Å². The highest BCUT2D eigenvalue weighted by molar-refractivity contribution is 6.28. The third-order valence-electron chi connectivity index (χ3n) is 14.3. The maximum absolute atomic E-state index is 2.48. The van der Waals surface area contributed by atoms with Crippen molar-refractivity contribution in [2.45, 2.75) is 0 Å². The molecule has 0 spiro atoms. The third kappa shape index (κ3) is 5.52. The van der Waals surface area contributed by atoms with E-state index in [9.17, 15) is 0 Å². The van der Waals surface area contributed by atoms with E-state index in [0.717, 1.165) is 0 Å². The number of hydrogen-bond donors (Lipinski definition) is 0. The molecule has 0 fully saturated rings. The predicted molar refractivity (Wildman–Crippen MR) is 283 cm³/mol. The van der Waals surface area contributed by atoms with Crippen LogP contribution in [0.25, 0.3) is 143 Å². The van der Waals surface area contributed by atoms with Crippen molar-refractivity contribution in [3.63, 3.8) is 0 Å². The summed E-state index contributed by atoms with van der Waals surface area (Å²) >= 11 is 0. The smallest absolute Gasteiger partial charge is 0.000741 e. The molecule has 13 aromatic carbocycles. The second-order valence-corrected chi connectivity index (χ2v) is 17.9. The molecule has 0 aromatic heterocycles. The Morgan fingerprint density at radius 1 is 0.167 bits per heavy atom. The normalized spacial score (nSPS) is 11.9. The Bertz CT molecular complexity index is 4130. The van der Waals surface area contributed by atoms with Crippen LogP contribution in [0.4, 0.5) is 0 Å². The van der Waals surface area contributed by atoms with Crippen LogP contribution >= 0.6 is 0 Å². The van der Waals surface area contributed by atoms with E-state index in [0.29, 0.717) is 0 Å². The van der Waals surface area contributed by atoms with Gasteiger partial charge in [-0.1, -0.05) is 218 Å². The molecule has 1 aliphatic carbocycles. The average molecular weight is 833 g/mol. The zero-order valence-corrected chi connectivity index (χ0v) is 36.1. The Morgan fingerprint density at radius 2 is 0.545 bits per heavy atom. The van der Waals surface area contributed by atoms with E-state index >= 15 is 0 Å². The monoisotopic (exact) mass is 832 g/mol. The maximum Gasteiger partial charge on any atom is -0.000741 e. The molecule has 0 radical (unpaired) electrons. The van der Waals surface area contributed by atoms with Crippen molar-refractivity contribution >= 4 is 64.6 Å². The Morgan fingerprint density at radius 3 is 1.08 bits per heavy atom. The molecule has 0 bridgehead atoms. The molecule has 0 saturated heterocycles. The van der Waals surface area contributed by atoms with Gasteiger partial charge in [0.15, 0.2) is 0 Å². The molecule has 66 heavy (non-hydrogen) atoms. The van der Waals surface area contributed by atoms with Crippen molar-refractivity contribution < 1.29 is 0 Å². The zero-order chi connectivity index (χ0) is 43.3. The van der Waals surface area contributed by atoms with Gasteiger partial charge >= 0.3 is 0 Å². The largest absolute Gasteiger partial charge is 0.0622 e. The first-order chi connectivity index (χ1) is 32.7. The molecular formula is C66H40. The maximum atomic E-state index is 2.48. The number of benzene rings is 13. The van der Waals surface area contributed by atoms with E-state index in [4.69, 9.17) is 0 Å². The molecule has 0 unspecified atom stereocenters. The van der Waals surface area contributed by atoms with Crippen molar-refractivity contribution in [3.8, 4) is 77.9 Å². The summed E-state index contributed by atoms with van der Waals surface area (Å²) in [6, 6.07) is 90.6. The molecule has 0 amide bonds. The van der Waals surface area contributed by atoms with Crippen LogP contribution in [0.5, 0.6) is 0 Å². The van der Waals surface area contributed by atoms with Crippen molar-refractivity contribution in [2.24, 2.45) is 0 Å². The molecule has 14 rings (SSSR count). The summed E-state index contributed by atoms with van der Waals surface area (Å²) in [5.74, 6) is 0. The first kappa shape index (κ1) is 36.9. The van der Waals surface area contributed by atoms with Crippen LogP contribution in [-0.4, -0.2) is 0 Å². The number of hydrogen-bond acceptors (Lipinski definition) is 0. The molecule has 0 heterocycles. The summed E-state index contributed by atoms with van der Waals surface area (Å²) in [7, 11) is 0. The van der Waals surface area contributed by atoms with Crippen molar-refractivity contribution in [3.05, 3.63) is 243 Å². The highest BCUT2D eigenvalue weighted by atomic mass is 14.3. The molecule has 0 heteroatoms. The average Bonchev–Trinajstić information content (AvgIpc) is 3.71. The summed E-state index contributed by atoms with van der Waals surface area (Å²) < 4.78 is 0. The van der Waals surface area contributed by atoms with Gasteiger partial charge in [0, 0.05) is 0 Å². The summed E-state index contributed by atoms with van der Waals surface area (Å²) in [4.78, 5) is 0. The van der Waals surface area contributed by atoms with Gasteiger partial charge in [0.05, 0.1) is 0 Å². The van der Waals surface area contributed by atoms with E-state index < -0.39 is 0 Å². The van der Waals surface area contributed by atoms with Gasteiger partial charge in [-0.2, -0.15) is 0 Å². The van der Waals surface area contributed by atoms with Gasteiger partial charge in [-0.15, -0.1) is 0 Å². The topological polar surface area (TPSA) is 0 Å². The fourth-order valence-electron chi connectivity index (χ4n) is 11.4. The minimum absolute atomic E-state index is 1.19. The SMILES string of the molecule is c1ccc(-c2c3c(c(-c4ccccc4)c4cc(-c5ccc6c(-c7ccc8ccccc8c7)c7ccccc7c(-c7ccc8ccccc8c7)c6c5)ccc24)-c2cccc4cccc-3c24)cc1. The lowest BCUT2D eigenvalue weighted by atomic mass is 9.81. The minimum Gasteiger partial charge on any atom is -0.0622 e. The van der Waals surface area contributed by atoms with Crippen LogP contribution in [-0.2, 0) is 0 Å². The summed E-state index contributed by atoms with van der Waals surface area (Å²) in [5, 5.41) is 15.1. The van der Waals surface area contributed by atoms with Gasteiger partial charge in [-0.3, -0.25) is 0 Å². The van der Waals surface area contributed by atoms with Crippen LogP contribution in [0.3, 0.4) is 0 Å². The lowest BCUT2D eigenvalue weighted by Gasteiger charge is -2.22.